The van der Waals surface area contributed by atoms with Gasteiger partial charge in [-0.3, -0.25) is 4.79 Å². The Labute approximate surface area is 140 Å². The van der Waals surface area contributed by atoms with Crippen LogP contribution in [0.15, 0.2) is 30.4 Å². The summed E-state index contributed by atoms with van der Waals surface area (Å²) < 4.78 is 11.6. The predicted molar refractivity (Wildman–Crippen MR) is 92.9 cm³/mol. The van der Waals surface area contributed by atoms with Crippen molar-refractivity contribution in [2.24, 2.45) is 0 Å². The van der Waals surface area contributed by atoms with E-state index in [1.165, 1.54) is 12.3 Å². The van der Waals surface area contributed by atoms with Crippen LogP contribution in [0.25, 0.3) is 11.2 Å². The summed E-state index contributed by atoms with van der Waals surface area (Å²) in [5, 5.41) is 8.79. The minimum atomic E-state index is -0.205. The maximum atomic E-state index is 12.0. The molecular weight excluding hydrogens is 378 g/mol. The van der Waals surface area contributed by atoms with Crippen LogP contribution in [0.4, 0.5) is 5.88 Å². The van der Waals surface area contributed by atoms with Crippen LogP contribution >= 0.6 is 40.3 Å². The molecule has 0 fully saturated rings. The van der Waals surface area contributed by atoms with Crippen molar-refractivity contribution < 1.29 is 13.9 Å². The number of furan rings is 1. The van der Waals surface area contributed by atoms with Crippen molar-refractivity contribution in [3.05, 3.63) is 27.0 Å². The summed E-state index contributed by atoms with van der Waals surface area (Å²) in [6.07, 6.45) is 1.44. The molecule has 0 aliphatic rings. The van der Waals surface area contributed by atoms with Crippen molar-refractivity contribution in [3.63, 3.8) is 0 Å². The Kier molecular flexibility index (Phi) is 6.53. The van der Waals surface area contributed by atoms with Gasteiger partial charge in [-0.25, -0.2) is 0 Å². The summed E-state index contributed by atoms with van der Waals surface area (Å²) in [5.41, 5.74) is 0.430. The van der Waals surface area contributed by atoms with Gasteiger partial charge < -0.3 is 18.8 Å². The molecule has 2 rings (SSSR count). The molecule has 2 aromatic rings. The molecule has 116 valence electrons. The number of halogens is 1. The number of rotatable bonds is 8. The fraction of sp³-hybridized carbons (Fsp3) is 0.462. The van der Waals surface area contributed by atoms with Crippen LogP contribution in [0.2, 0.25) is 0 Å². The van der Waals surface area contributed by atoms with Gasteiger partial charge in [0.1, 0.15) is 6.26 Å². The smallest absolute Gasteiger partial charge is 0.230 e. The average Bonchev–Trinajstić information content (AvgIpc) is 2.84. The van der Waals surface area contributed by atoms with E-state index >= 15 is 0 Å². The average molecular weight is 394 g/mol. The molecule has 1 N–H and O–H groups in total. The maximum absolute atomic E-state index is 12.0. The minimum Gasteiger partial charge on any atom is -0.456 e. The third-order valence-corrected chi connectivity index (χ3v) is 4.50. The molecule has 0 bridgehead atoms. The van der Waals surface area contributed by atoms with Gasteiger partial charge >= 0.3 is 0 Å². The van der Waals surface area contributed by atoms with Gasteiger partial charge in [0.15, 0.2) is 11.5 Å². The Morgan fingerprint density at radius 1 is 1.33 bits per heavy atom. The van der Waals surface area contributed by atoms with Gasteiger partial charge in [0.05, 0.1) is 17.1 Å². The number of fused-ring (bicyclic) bond motifs is 1. The van der Waals surface area contributed by atoms with Crippen molar-refractivity contribution in [1.29, 1.82) is 0 Å². The van der Waals surface area contributed by atoms with Gasteiger partial charge in [-0.1, -0.05) is 0 Å². The molecule has 2 aromatic heterocycles. The molecule has 2 heterocycles. The molecular formula is C13H16BrNO4S2. The first-order valence-electron chi connectivity index (χ1n) is 6.42. The molecule has 0 unspecified atom stereocenters. The van der Waals surface area contributed by atoms with Gasteiger partial charge in [-0.2, -0.15) is 24.4 Å². The highest BCUT2D eigenvalue weighted by molar-refractivity contribution is 9.10. The van der Waals surface area contributed by atoms with Gasteiger partial charge in [-0.05, 0) is 15.9 Å². The van der Waals surface area contributed by atoms with E-state index in [-0.39, 0.29) is 17.6 Å². The van der Waals surface area contributed by atoms with Crippen molar-refractivity contribution in [2.75, 3.05) is 41.9 Å². The first kappa shape index (κ1) is 16.8. The first-order chi connectivity index (χ1) is 10.2. The second kappa shape index (κ2) is 8.17. The molecule has 0 spiro atoms. The van der Waals surface area contributed by atoms with E-state index in [0.29, 0.717) is 34.0 Å². The Hall–Kier alpha value is -0.570. The number of nitrogens with zero attached hydrogens (tertiary/aromatic N) is 1. The lowest BCUT2D eigenvalue weighted by atomic mass is 10.4. The highest BCUT2D eigenvalue weighted by atomic mass is 79.9. The lowest BCUT2D eigenvalue weighted by Crippen LogP contribution is -2.29. The number of anilines is 1. The third kappa shape index (κ3) is 4.21. The quantitative estimate of drug-likeness (QED) is 0.530. The third-order valence-electron chi connectivity index (χ3n) is 2.81. The Morgan fingerprint density at radius 3 is 2.86 bits per heavy atom. The fourth-order valence-electron chi connectivity index (χ4n) is 1.85. The van der Waals surface area contributed by atoms with Crippen LogP contribution in [0.1, 0.15) is 0 Å². The Balaban J connectivity index is 2.22. The summed E-state index contributed by atoms with van der Waals surface area (Å²) in [6, 6.07) is 1.44. The minimum absolute atomic E-state index is 0.167. The molecule has 0 amide bonds. The van der Waals surface area contributed by atoms with E-state index in [0.717, 1.165) is 12.3 Å². The largest absolute Gasteiger partial charge is 0.456 e. The zero-order chi connectivity index (χ0) is 15.2. The summed E-state index contributed by atoms with van der Waals surface area (Å²) in [6.45, 7) is 1.56. The SMILES string of the molecule is O=c1cc(N(CCS)CCSCCO)oc2c(Br)coc12. The Bertz CT molecular complexity index is 643. The standard InChI is InChI=1S/C13H16BrNO4S2/c14-9-8-18-13-10(17)7-11(19-12(9)13)15(1-4-20)2-5-21-6-3-16/h7-8,16,20H,1-6H2. The molecule has 21 heavy (non-hydrogen) atoms. The van der Waals surface area contributed by atoms with Crippen molar-refractivity contribution in [3.8, 4) is 0 Å². The number of hydrogen-bond acceptors (Lipinski definition) is 7. The van der Waals surface area contributed by atoms with Crippen LogP contribution in [-0.2, 0) is 0 Å². The molecule has 0 saturated heterocycles. The topological polar surface area (TPSA) is 66.8 Å². The monoisotopic (exact) mass is 393 g/mol. The number of thiol groups is 1. The van der Waals surface area contributed by atoms with Crippen molar-refractivity contribution >= 4 is 57.4 Å². The number of aliphatic hydroxyl groups is 1. The summed E-state index contributed by atoms with van der Waals surface area (Å²) in [5.74, 6) is 2.69. The van der Waals surface area contributed by atoms with E-state index < -0.39 is 0 Å². The zero-order valence-corrected chi connectivity index (χ0v) is 14.5. The van der Waals surface area contributed by atoms with Gasteiger partial charge in [0, 0.05) is 30.3 Å². The number of hydrogen-bond donors (Lipinski definition) is 2. The zero-order valence-electron chi connectivity index (χ0n) is 11.2. The fourth-order valence-corrected chi connectivity index (χ4v) is 3.13. The molecule has 0 radical (unpaired) electrons. The van der Waals surface area contributed by atoms with Crippen LogP contribution in [0.3, 0.4) is 0 Å². The normalized spacial score (nSPS) is 11.2. The molecule has 0 aromatic carbocycles. The number of aliphatic hydroxyl groups excluding tert-OH is 1. The lowest BCUT2D eigenvalue weighted by Gasteiger charge is -2.21. The van der Waals surface area contributed by atoms with E-state index in [4.69, 9.17) is 13.9 Å². The summed E-state index contributed by atoms with van der Waals surface area (Å²) >= 11 is 9.20. The second-order valence-corrected chi connectivity index (χ2v) is 6.76. The van der Waals surface area contributed by atoms with E-state index in [2.05, 4.69) is 28.6 Å². The molecule has 0 aliphatic heterocycles. The highest BCUT2D eigenvalue weighted by Crippen LogP contribution is 2.27. The lowest BCUT2D eigenvalue weighted by molar-refractivity contribution is 0.322. The van der Waals surface area contributed by atoms with Crippen LogP contribution in [-0.4, -0.2) is 42.1 Å². The van der Waals surface area contributed by atoms with Crippen LogP contribution < -0.4 is 10.3 Å². The van der Waals surface area contributed by atoms with Crippen molar-refractivity contribution in [2.45, 2.75) is 0 Å². The van der Waals surface area contributed by atoms with Gasteiger partial charge in [0.2, 0.25) is 11.0 Å². The Morgan fingerprint density at radius 2 is 2.14 bits per heavy atom. The number of thioether (sulfide) groups is 1. The van der Waals surface area contributed by atoms with Crippen LogP contribution in [0.5, 0.6) is 0 Å². The summed E-state index contributed by atoms with van der Waals surface area (Å²) in [4.78, 5) is 14.0. The second-order valence-electron chi connectivity index (χ2n) is 4.24. The molecule has 0 saturated carbocycles. The van der Waals surface area contributed by atoms with E-state index in [1.54, 1.807) is 11.8 Å². The maximum Gasteiger partial charge on any atom is 0.230 e. The van der Waals surface area contributed by atoms with Gasteiger partial charge in [-0.15, -0.1) is 0 Å². The first-order valence-corrected chi connectivity index (χ1v) is 9.00. The van der Waals surface area contributed by atoms with E-state index in [9.17, 15) is 4.79 Å². The molecule has 0 atom stereocenters. The summed E-state index contributed by atoms with van der Waals surface area (Å²) in [7, 11) is 0. The van der Waals surface area contributed by atoms with Crippen LogP contribution in [0, 0.1) is 0 Å². The molecule has 8 heteroatoms. The van der Waals surface area contributed by atoms with Gasteiger partial charge in [0.25, 0.3) is 0 Å². The predicted octanol–water partition coefficient (Wildman–Crippen LogP) is 2.61. The van der Waals surface area contributed by atoms with Crippen molar-refractivity contribution in [1.82, 2.24) is 0 Å². The highest BCUT2D eigenvalue weighted by Gasteiger charge is 2.15. The molecule has 5 nitrogen and oxygen atoms in total. The van der Waals surface area contributed by atoms with E-state index in [1.807, 2.05) is 4.90 Å². The molecule has 0 aliphatic carbocycles.